The van der Waals surface area contributed by atoms with Gasteiger partial charge in [-0.05, 0) is 19.1 Å². The molecule has 1 heterocycles. The van der Waals surface area contributed by atoms with E-state index in [2.05, 4.69) is 78.3 Å². The van der Waals surface area contributed by atoms with Gasteiger partial charge < -0.3 is 4.57 Å². The van der Waals surface area contributed by atoms with Gasteiger partial charge in [-0.1, -0.05) is 66.3 Å². The average molecular weight is 286 g/mol. The Hall–Kier alpha value is -2.61. The van der Waals surface area contributed by atoms with Gasteiger partial charge in [0, 0.05) is 18.0 Å². The molecule has 0 atom stereocenters. The molecule has 108 valence electrons. The molecule has 0 spiro atoms. The SMILES string of the molecule is Cc1ccc(-c2nc3ccccc3n2CC2C=CC=C2)cc1. The van der Waals surface area contributed by atoms with Crippen molar-refractivity contribution in [2.24, 2.45) is 5.92 Å². The van der Waals surface area contributed by atoms with Gasteiger partial charge in [-0.2, -0.15) is 0 Å². The van der Waals surface area contributed by atoms with Crippen molar-refractivity contribution < 1.29 is 0 Å². The number of imidazole rings is 1. The third-order valence-electron chi connectivity index (χ3n) is 4.19. The largest absolute Gasteiger partial charge is 0.323 e. The lowest BCUT2D eigenvalue weighted by Gasteiger charge is -2.12. The van der Waals surface area contributed by atoms with Gasteiger partial charge in [-0.25, -0.2) is 4.98 Å². The highest BCUT2D eigenvalue weighted by molar-refractivity contribution is 5.80. The first-order valence-corrected chi connectivity index (χ1v) is 7.68. The Labute approximate surface area is 130 Å². The lowest BCUT2D eigenvalue weighted by atomic mass is 10.1. The van der Waals surface area contributed by atoms with E-state index in [4.69, 9.17) is 4.98 Å². The number of aromatic nitrogens is 2. The van der Waals surface area contributed by atoms with Crippen LogP contribution in [0.15, 0.2) is 72.8 Å². The normalized spacial score (nSPS) is 14.2. The third-order valence-corrected chi connectivity index (χ3v) is 4.19. The van der Waals surface area contributed by atoms with Gasteiger partial charge in [-0.15, -0.1) is 0 Å². The number of rotatable bonds is 3. The zero-order valence-corrected chi connectivity index (χ0v) is 12.6. The Kier molecular flexibility index (Phi) is 3.15. The number of nitrogens with zero attached hydrogens (tertiary/aromatic N) is 2. The van der Waals surface area contributed by atoms with Gasteiger partial charge >= 0.3 is 0 Å². The molecule has 3 aromatic rings. The second-order valence-corrected chi connectivity index (χ2v) is 5.83. The maximum atomic E-state index is 4.87. The van der Waals surface area contributed by atoms with Crippen LogP contribution in [0, 0.1) is 12.8 Å². The lowest BCUT2D eigenvalue weighted by molar-refractivity contribution is 0.640. The van der Waals surface area contributed by atoms with Crippen LogP contribution in [0.2, 0.25) is 0 Å². The zero-order chi connectivity index (χ0) is 14.9. The summed E-state index contributed by atoms with van der Waals surface area (Å²) in [6.07, 6.45) is 8.73. The maximum absolute atomic E-state index is 4.87. The first kappa shape index (κ1) is 13.1. The van der Waals surface area contributed by atoms with Crippen LogP contribution in [0.25, 0.3) is 22.4 Å². The fourth-order valence-electron chi connectivity index (χ4n) is 2.99. The number of hydrogen-bond acceptors (Lipinski definition) is 1. The molecule has 2 heteroatoms. The van der Waals surface area contributed by atoms with E-state index >= 15 is 0 Å². The molecule has 1 aliphatic rings. The number of hydrogen-bond donors (Lipinski definition) is 0. The highest BCUT2D eigenvalue weighted by Crippen LogP contribution is 2.27. The molecule has 4 rings (SSSR count). The Morgan fingerprint density at radius 2 is 1.68 bits per heavy atom. The molecule has 0 unspecified atom stereocenters. The minimum Gasteiger partial charge on any atom is -0.323 e. The number of allylic oxidation sites excluding steroid dienone is 4. The van der Waals surface area contributed by atoms with E-state index in [-0.39, 0.29) is 0 Å². The Morgan fingerprint density at radius 1 is 0.955 bits per heavy atom. The Balaban J connectivity index is 1.87. The summed E-state index contributed by atoms with van der Waals surface area (Å²) in [6, 6.07) is 17.0. The van der Waals surface area contributed by atoms with Crippen LogP contribution in [-0.2, 0) is 6.54 Å². The van der Waals surface area contributed by atoms with Gasteiger partial charge in [0.2, 0.25) is 0 Å². The van der Waals surface area contributed by atoms with Crippen LogP contribution in [-0.4, -0.2) is 9.55 Å². The second-order valence-electron chi connectivity index (χ2n) is 5.83. The van der Waals surface area contributed by atoms with Crippen molar-refractivity contribution in [2.75, 3.05) is 0 Å². The summed E-state index contributed by atoms with van der Waals surface area (Å²) in [5, 5.41) is 0. The quantitative estimate of drug-likeness (QED) is 0.679. The summed E-state index contributed by atoms with van der Waals surface area (Å²) in [4.78, 5) is 4.87. The molecule has 0 saturated heterocycles. The first-order valence-electron chi connectivity index (χ1n) is 7.68. The van der Waals surface area contributed by atoms with Crippen LogP contribution in [0.4, 0.5) is 0 Å². The molecule has 1 aromatic heterocycles. The summed E-state index contributed by atoms with van der Waals surface area (Å²) < 4.78 is 2.34. The smallest absolute Gasteiger partial charge is 0.141 e. The zero-order valence-electron chi connectivity index (χ0n) is 12.6. The van der Waals surface area contributed by atoms with Crippen molar-refractivity contribution in [3.63, 3.8) is 0 Å². The van der Waals surface area contributed by atoms with E-state index in [1.54, 1.807) is 0 Å². The maximum Gasteiger partial charge on any atom is 0.141 e. The van der Waals surface area contributed by atoms with E-state index in [0.29, 0.717) is 5.92 Å². The standard InChI is InChI=1S/C20H18N2/c1-15-10-12-17(13-11-15)20-21-18-8-4-5-9-19(18)22(20)14-16-6-2-3-7-16/h2-13,16H,14H2,1H3. The number of benzene rings is 2. The summed E-state index contributed by atoms with van der Waals surface area (Å²) in [5.74, 6) is 1.50. The topological polar surface area (TPSA) is 17.8 Å². The van der Waals surface area contributed by atoms with E-state index in [0.717, 1.165) is 17.9 Å². The molecule has 0 N–H and O–H groups in total. The van der Waals surface area contributed by atoms with Crippen molar-refractivity contribution >= 4 is 11.0 Å². The second kappa shape index (κ2) is 5.30. The van der Waals surface area contributed by atoms with Crippen LogP contribution in [0.5, 0.6) is 0 Å². The van der Waals surface area contributed by atoms with Crippen molar-refractivity contribution in [1.82, 2.24) is 9.55 Å². The monoisotopic (exact) mass is 286 g/mol. The third kappa shape index (κ3) is 2.27. The summed E-state index contributed by atoms with van der Waals surface area (Å²) in [6.45, 7) is 3.04. The number of aryl methyl sites for hydroxylation is 1. The number of fused-ring (bicyclic) bond motifs is 1. The molecule has 0 fully saturated rings. The predicted molar refractivity (Wildman–Crippen MR) is 91.7 cm³/mol. The highest BCUT2D eigenvalue weighted by Gasteiger charge is 2.15. The molecule has 1 aliphatic carbocycles. The molecule has 22 heavy (non-hydrogen) atoms. The van der Waals surface area contributed by atoms with Crippen molar-refractivity contribution in [2.45, 2.75) is 13.5 Å². The van der Waals surface area contributed by atoms with E-state index < -0.39 is 0 Å². The van der Waals surface area contributed by atoms with Gasteiger partial charge in [0.15, 0.2) is 0 Å². The van der Waals surface area contributed by atoms with Crippen LogP contribution in [0.3, 0.4) is 0 Å². The van der Waals surface area contributed by atoms with Crippen molar-refractivity contribution in [3.05, 3.63) is 78.4 Å². The Bertz CT molecular complexity index is 854. The van der Waals surface area contributed by atoms with Crippen LogP contribution < -0.4 is 0 Å². The molecule has 0 bridgehead atoms. The summed E-state index contributed by atoms with van der Waals surface area (Å²) >= 11 is 0. The molecular formula is C20H18N2. The van der Waals surface area contributed by atoms with E-state index in [1.807, 2.05) is 6.07 Å². The molecule has 2 nitrogen and oxygen atoms in total. The first-order chi connectivity index (χ1) is 10.8. The fourth-order valence-corrected chi connectivity index (χ4v) is 2.99. The molecular weight excluding hydrogens is 268 g/mol. The molecule has 0 aliphatic heterocycles. The van der Waals surface area contributed by atoms with Crippen molar-refractivity contribution in [1.29, 1.82) is 0 Å². The van der Waals surface area contributed by atoms with Gasteiger partial charge in [0.25, 0.3) is 0 Å². The van der Waals surface area contributed by atoms with Gasteiger partial charge in [-0.3, -0.25) is 0 Å². The Morgan fingerprint density at radius 3 is 2.45 bits per heavy atom. The van der Waals surface area contributed by atoms with Gasteiger partial charge in [0.05, 0.1) is 11.0 Å². The minimum absolute atomic E-state index is 0.446. The average Bonchev–Trinajstić information content (AvgIpc) is 3.17. The van der Waals surface area contributed by atoms with E-state index in [9.17, 15) is 0 Å². The fraction of sp³-hybridized carbons (Fsp3) is 0.150. The van der Waals surface area contributed by atoms with Crippen LogP contribution in [0.1, 0.15) is 5.56 Å². The summed E-state index contributed by atoms with van der Waals surface area (Å²) in [7, 11) is 0. The van der Waals surface area contributed by atoms with Crippen LogP contribution >= 0.6 is 0 Å². The highest BCUT2D eigenvalue weighted by atomic mass is 15.1. The lowest BCUT2D eigenvalue weighted by Crippen LogP contribution is -2.07. The molecule has 0 amide bonds. The summed E-state index contributed by atoms with van der Waals surface area (Å²) in [5.41, 5.74) is 4.71. The van der Waals surface area contributed by atoms with E-state index in [1.165, 1.54) is 16.6 Å². The minimum atomic E-state index is 0.446. The van der Waals surface area contributed by atoms with Crippen molar-refractivity contribution in [3.8, 4) is 11.4 Å². The van der Waals surface area contributed by atoms with Gasteiger partial charge in [0.1, 0.15) is 5.82 Å². The molecule has 2 aromatic carbocycles. The molecule has 0 saturated carbocycles. The number of para-hydroxylation sites is 2. The molecule has 0 radical (unpaired) electrons. The predicted octanol–water partition coefficient (Wildman–Crippen LogP) is 4.75.